The van der Waals surface area contributed by atoms with Crippen molar-refractivity contribution >= 4 is 11.8 Å². The lowest BCUT2D eigenvalue weighted by Crippen LogP contribution is -2.75. The van der Waals surface area contributed by atoms with Crippen molar-refractivity contribution in [2.45, 2.75) is 58.0 Å². The molecule has 27 heavy (non-hydrogen) atoms. The van der Waals surface area contributed by atoms with E-state index < -0.39 is 58.8 Å². The van der Waals surface area contributed by atoms with E-state index in [9.17, 15) is 30.0 Å². The Labute approximate surface area is 158 Å². The number of ketones is 1. The van der Waals surface area contributed by atoms with E-state index in [-0.39, 0.29) is 24.9 Å². The fourth-order valence-corrected chi connectivity index (χ4v) is 6.95. The van der Waals surface area contributed by atoms with E-state index in [1.807, 2.05) is 6.92 Å². The van der Waals surface area contributed by atoms with E-state index in [0.717, 1.165) is 5.57 Å². The topological polar surface area (TPSA) is 124 Å². The zero-order chi connectivity index (χ0) is 19.9. The molecule has 1 aliphatic heterocycles. The summed E-state index contributed by atoms with van der Waals surface area (Å²) >= 11 is 0. The maximum Gasteiger partial charge on any atom is 0.306 e. The Kier molecular flexibility index (Phi) is 4.14. The number of esters is 1. The van der Waals surface area contributed by atoms with Crippen molar-refractivity contribution in [1.82, 2.24) is 0 Å². The van der Waals surface area contributed by atoms with Crippen molar-refractivity contribution in [2.24, 2.45) is 34.5 Å². The Bertz CT molecular complexity index is 717. The molecule has 0 bridgehead atoms. The Morgan fingerprint density at radius 2 is 1.93 bits per heavy atom. The first-order valence-corrected chi connectivity index (χ1v) is 9.67. The van der Waals surface area contributed by atoms with Crippen LogP contribution in [0.25, 0.3) is 0 Å². The number of hydrogen-bond donors (Lipinski definition) is 4. The van der Waals surface area contributed by atoms with Crippen molar-refractivity contribution in [3.63, 3.8) is 0 Å². The van der Waals surface area contributed by atoms with E-state index in [1.54, 1.807) is 19.9 Å². The SMILES string of the molecule is CC1=C[C@H](O)[C@H](O)[C@@]2(C)[C@H]1C[C@@H]1OC(=O)C[C@H]3[C@@H](C)[C@@H](O)C(=O)[C@@H]2[C@@]13CO. The van der Waals surface area contributed by atoms with Gasteiger partial charge < -0.3 is 25.2 Å². The van der Waals surface area contributed by atoms with Gasteiger partial charge in [0.05, 0.1) is 18.8 Å². The number of carbonyl (C=O) groups is 2. The number of allylic oxidation sites excluding steroid dienone is 1. The molecule has 0 unspecified atom stereocenters. The van der Waals surface area contributed by atoms with E-state index in [4.69, 9.17) is 4.74 Å². The quantitative estimate of drug-likeness (QED) is 0.367. The van der Waals surface area contributed by atoms with Gasteiger partial charge in [-0.05, 0) is 31.1 Å². The lowest BCUT2D eigenvalue weighted by molar-refractivity contribution is -0.267. The van der Waals surface area contributed by atoms with E-state index in [0.29, 0.717) is 6.42 Å². The van der Waals surface area contributed by atoms with E-state index in [2.05, 4.69) is 0 Å². The summed E-state index contributed by atoms with van der Waals surface area (Å²) in [6, 6.07) is 0. The summed E-state index contributed by atoms with van der Waals surface area (Å²) in [4.78, 5) is 25.6. The summed E-state index contributed by atoms with van der Waals surface area (Å²) in [5, 5.41) is 42.6. The molecule has 3 fully saturated rings. The number of ether oxygens (including phenoxy) is 1. The zero-order valence-electron chi connectivity index (χ0n) is 15.8. The fraction of sp³-hybridized carbons (Fsp3) is 0.800. The first-order chi connectivity index (χ1) is 12.6. The highest BCUT2D eigenvalue weighted by Gasteiger charge is 2.74. The van der Waals surface area contributed by atoms with Crippen molar-refractivity contribution < 1.29 is 34.8 Å². The molecule has 2 saturated carbocycles. The van der Waals surface area contributed by atoms with Gasteiger partial charge in [-0.15, -0.1) is 0 Å². The number of aliphatic hydroxyl groups excluding tert-OH is 4. The number of rotatable bonds is 1. The predicted molar refractivity (Wildman–Crippen MR) is 93.2 cm³/mol. The molecule has 4 aliphatic rings. The third-order valence-corrected chi connectivity index (χ3v) is 8.24. The van der Waals surface area contributed by atoms with Crippen LogP contribution in [0.5, 0.6) is 0 Å². The van der Waals surface area contributed by atoms with Gasteiger partial charge in [0.25, 0.3) is 0 Å². The van der Waals surface area contributed by atoms with Gasteiger partial charge in [0.1, 0.15) is 12.2 Å². The Morgan fingerprint density at radius 1 is 1.26 bits per heavy atom. The molecular weight excluding hydrogens is 352 g/mol. The lowest BCUT2D eigenvalue weighted by atomic mass is 9.38. The molecule has 3 aliphatic carbocycles. The van der Waals surface area contributed by atoms with Crippen LogP contribution in [0.2, 0.25) is 0 Å². The van der Waals surface area contributed by atoms with Crippen molar-refractivity contribution in [2.75, 3.05) is 6.61 Å². The highest BCUT2D eigenvalue weighted by atomic mass is 16.5. The number of hydrogen-bond acceptors (Lipinski definition) is 7. The molecule has 1 saturated heterocycles. The Morgan fingerprint density at radius 3 is 2.56 bits per heavy atom. The van der Waals surface area contributed by atoms with Crippen LogP contribution in [0.4, 0.5) is 0 Å². The van der Waals surface area contributed by atoms with Crippen molar-refractivity contribution in [3.05, 3.63) is 11.6 Å². The van der Waals surface area contributed by atoms with Gasteiger partial charge in [0.15, 0.2) is 5.78 Å². The normalized spacial score (nSPS) is 54.6. The minimum atomic E-state index is -1.28. The third-order valence-electron chi connectivity index (χ3n) is 8.24. The van der Waals surface area contributed by atoms with Crippen LogP contribution in [0.3, 0.4) is 0 Å². The lowest BCUT2D eigenvalue weighted by Gasteiger charge is -2.67. The molecule has 4 rings (SSSR count). The van der Waals surface area contributed by atoms with Crippen LogP contribution >= 0.6 is 0 Å². The number of fused-ring (bicyclic) bond motifs is 2. The van der Waals surface area contributed by atoms with Crippen LogP contribution in [0, 0.1) is 34.5 Å². The minimum absolute atomic E-state index is 0.0211. The zero-order valence-corrected chi connectivity index (χ0v) is 15.8. The van der Waals surface area contributed by atoms with Crippen LogP contribution < -0.4 is 0 Å². The number of aliphatic hydroxyl groups is 4. The maximum absolute atomic E-state index is 13.4. The molecule has 150 valence electrons. The summed E-state index contributed by atoms with van der Waals surface area (Å²) in [5.74, 6) is -2.98. The fourth-order valence-electron chi connectivity index (χ4n) is 6.95. The van der Waals surface area contributed by atoms with Gasteiger partial charge in [-0.3, -0.25) is 9.59 Å². The summed E-state index contributed by atoms with van der Waals surface area (Å²) in [7, 11) is 0. The van der Waals surface area contributed by atoms with Crippen LogP contribution in [-0.2, 0) is 14.3 Å². The number of Topliss-reactive ketones (excluding diaryl/α,β-unsaturated/α-hetero) is 1. The molecule has 0 radical (unpaired) electrons. The first kappa shape index (κ1) is 19.1. The van der Waals surface area contributed by atoms with Crippen molar-refractivity contribution in [3.8, 4) is 0 Å². The summed E-state index contributed by atoms with van der Waals surface area (Å²) < 4.78 is 5.65. The largest absolute Gasteiger partial charge is 0.462 e. The Balaban J connectivity index is 1.97. The first-order valence-electron chi connectivity index (χ1n) is 9.67. The Hall–Kier alpha value is -1.28. The molecular formula is C20H28O7. The van der Waals surface area contributed by atoms with Crippen LogP contribution in [-0.4, -0.2) is 63.2 Å². The molecule has 0 spiro atoms. The smallest absolute Gasteiger partial charge is 0.306 e. The predicted octanol–water partition coefficient (Wildman–Crippen LogP) is -0.199. The second kappa shape index (κ2) is 5.86. The van der Waals surface area contributed by atoms with Gasteiger partial charge in [0, 0.05) is 23.2 Å². The van der Waals surface area contributed by atoms with Gasteiger partial charge in [-0.25, -0.2) is 0 Å². The molecule has 0 aromatic rings. The molecule has 10 atom stereocenters. The monoisotopic (exact) mass is 380 g/mol. The van der Waals surface area contributed by atoms with Gasteiger partial charge in [-0.1, -0.05) is 25.5 Å². The second-order valence-corrected chi connectivity index (χ2v) is 9.20. The average Bonchev–Trinajstić information content (AvgIpc) is 2.62. The van der Waals surface area contributed by atoms with Crippen molar-refractivity contribution in [1.29, 1.82) is 0 Å². The van der Waals surface area contributed by atoms with Gasteiger partial charge >= 0.3 is 5.97 Å². The minimum Gasteiger partial charge on any atom is -0.462 e. The third kappa shape index (κ3) is 2.11. The van der Waals surface area contributed by atoms with E-state index in [1.165, 1.54) is 0 Å². The van der Waals surface area contributed by atoms with Crippen LogP contribution in [0.1, 0.15) is 33.6 Å². The van der Waals surface area contributed by atoms with Gasteiger partial charge in [-0.2, -0.15) is 0 Å². The number of carbonyl (C=O) groups excluding carboxylic acids is 2. The van der Waals surface area contributed by atoms with Gasteiger partial charge in [0.2, 0.25) is 0 Å². The average molecular weight is 380 g/mol. The molecule has 0 amide bonds. The van der Waals surface area contributed by atoms with Crippen LogP contribution in [0.15, 0.2) is 11.6 Å². The second-order valence-electron chi connectivity index (χ2n) is 9.20. The maximum atomic E-state index is 13.4. The molecule has 0 aromatic heterocycles. The standard InChI is InChI=1S/C20H28O7/c1-8-4-12(22)18(26)19(3)10(8)5-13-20(7-21)11(6-14(23)27-13)9(2)15(24)16(25)17(19)20/h4,9-13,15,17-18,21-22,24,26H,5-7H2,1-3H3/t9-,10+,11+,12+,13+,15-,17+,18+,19+,20-/m1/s1. The summed E-state index contributed by atoms with van der Waals surface area (Å²) in [5.41, 5.74) is -1.31. The highest BCUT2D eigenvalue weighted by Crippen LogP contribution is 2.67. The summed E-state index contributed by atoms with van der Waals surface area (Å²) in [6.07, 6.45) is -2.32. The summed E-state index contributed by atoms with van der Waals surface area (Å²) in [6.45, 7) is 4.94. The molecule has 7 nitrogen and oxygen atoms in total. The highest BCUT2D eigenvalue weighted by molar-refractivity contribution is 5.89. The molecule has 0 aromatic carbocycles. The molecule has 4 N–H and O–H groups in total. The molecule has 1 heterocycles. The molecule has 7 heteroatoms. The van der Waals surface area contributed by atoms with E-state index >= 15 is 0 Å².